The van der Waals surface area contributed by atoms with E-state index in [1.54, 1.807) is 12.1 Å². The number of nitrogens with zero attached hydrogens (tertiary/aromatic N) is 4. The Bertz CT molecular complexity index is 1840. The minimum absolute atomic E-state index is 0.000605. The van der Waals surface area contributed by atoms with Crippen LogP contribution in [0.2, 0.25) is 0 Å². The summed E-state index contributed by atoms with van der Waals surface area (Å²) in [5.41, 5.74) is 4.58. The second kappa shape index (κ2) is 12.5. The number of carbonyl (C=O) groups is 1. The van der Waals surface area contributed by atoms with Crippen LogP contribution in [0.25, 0.3) is 11.0 Å². The number of sulfonamides is 1. The maximum Gasteiger partial charge on any atom is 0.253 e. The van der Waals surface area contributed by atoms with E-state index in [2.05, 4.69) is 86.9 Å². The van der Waals surface area contributed by atoms with Gasteiger partial charge in [0, 0.05) is 42.1 Å². The van der Waals surface area contributed by atoms with Gasteiger partial charge >= 0.3 is 0 Å². The average molecular weight is 705 g/mol. The lowest BCUT2D eigenvalue weighted by molar-refractivity contribution is 0.0606. The van der Waals surface area contributed by atoms with Crippen LogP contribution in [0.3, 0.4) is 0 Å². The zero-order chi connectivity index (χ0) is 32.1. The number of alkyl halides is 1. The first kappa shape index (κ1) is 31.5. The molecule has 0 saturated carbocycles. The molecule has 3 aromatic carbocycles. The van der Waals surface area contributed by atoms with E-state index in [1.807, 2.05) is 4.90 Å². The van der Waals surface area contributed by atoms with E-state index in [9.17, 15) is 13.2 Å². The Labute approximate surface area is 280 Å². The van der Waals surface area contributed by atoms with Crippen LogP contribution in [0.4, 0.5) is 0 Å². The van der Waals surface area contributed by atoms with E-state index in [0.29, 0.717) is 47.7 Å². The maximum atomic E-state index is 13.6. The molecular formula is C36H42BrN5O3S. The van der Waals surface area contributed by atoms with Crippen LogP contribution in [-0.4, -0.2) is 65.4 Å². The van der Waals surface area contributed by atoms with Crippen LogP contribution in [0.1, 0.15) is 78.3 Å². The van der Waals surface area contributed by atoms with E-state index >= 15 is 0 Å². The van der Waals surface area contributed by atoms with Gasteiger partial charge in [-0.3, -0.25) is 9.69 Å². The zero-order valence-electron chi connectivity index (χ0n) is 26.3. The molecular weight excluding hydrogens is 662 g/mol. The van der Waals surface area contributed by atoms with Crippen molar-refractivity contribution in [1.29, 1.82) is 0 Å². The fourth-order valence-electron chi connectivity index (χ4n) is 8.65. The highest BCUT2D eigenvalue weighted by Gasteiger charge is 2.44. The predicted octanol–water partition coefficient (Wildman–Crippen LogP) is 6.32. The van der Waals surface area contributed by atoms with Crippen molar-refractivity contribution in [3.8, 4) is 0 Å². The number of nitrogens with two attached hydrogens (primary N) is 1. The molecule has 0 spiro atoms. The van der Waals surface area contributed by atoms with E-state index in [-0.39, 0.29) is 16.2 Å². The minimum Gasteiger partial charge on any atom is -0.339 e. The topological polar surface area (TPSA) is 102 Å². The van der Waals surface area contributed by atoms with Crippen molar-refractivity contribution in [2.75, 3.05) is 19.6 Å². The second-order valence-electron chi connectivity index (χ2n) is 13.5. The fourth-order valence-corrected chi connectivity index (χ4v) is 10.1. The van der Waals surface area contributed by atoms with Gasteiger partial charge in [0.15, 0.2) is 0 Å². The largest absolute Gasteiger partial charge is 0.339 e. The molecule has 8 nitrogen and oxygen atoms in total. The number of para-hydroxylation sites is 2. The number of primary sulfonamides is 1. The third kappa shape index (κ3) is 5.82. The van der Waals surface area contributed by atoms with Crippen LogP contribution >= 0.6 is 15.9 Å². The van der Waals surface area contributed by atoms with Gasteiger partial charge < -0.3 is 9.47 Å². The molecule has 10 heteroatoms. The summed E-state index contributed by atoms with van der Waals surface area (Å²) in [6.45, 7) is 4.45. The van der Waals surface area contributed by atoms with E-state index in [1.165, 1.54) is 30.0 Å². The summed E-state index contributed by atoms with van der Waals surface area (Å²) in [5, 5.41) is 5.82. The molecule has 3 fully saturated rings. The zero-order valence-corrected chi connectivity index (χ0v) is 28.7. The lowest BCUT2D eigenvalue weighted by Crippen LogP contribution is -2.49. The van der Waals surface area contributed by atoms with Crippen molar-refractivity contribution in [3.05, 3.63) is 95.3 Å². The van der Waals surface area contributed by atoms with Crippen LogP contribution in [0, 0.1) is 6.92 Å². The van der Waals surface area contributed by atoms with Crippen LogP contribution in [-0.2, 0) is 20.8 Å². The summed E-state index contributed by atoms with van der Waals surface area (Å²) in [6.07, 6.45) is 7.62. The molecule has 2 atom stereocenters. The third-order valence-corrected chi connectivity index (χ3v) is 12.6. The van der Waals surface area contributed by atoms with Gasteiger partial charge in [-0.15, -0.1) is 0 Å². The number of piperidine rings is 2. The van der Waals surface area contributed by atoms with Crippen molar-refractivity contribution in [2.45, 2.75) is 85.6 Å². The molecule has 4 heterocycles. The van der Waals surface area contributed by atoms with Crippen LogP contribution in [0.15, 0.2) is 77.7 Å². The molecule has 3 aliphatic heterocycles. The van der Waals surface area contributed by atoms with Crippen LogP contribution in [0.5, 0.6) is 0 Å². The fraction of sp³-hybridized carbons (Fsp3) is 0.444. The first-order valence-corrected chi connectivity index (χ1v) is 19.1. The quantitative estimate of drug-likeness (QED) is 0.217. The van der Waals surface area contributed by atoms with Crippen molar-refractivity contribution < 1.29 is 13.2 Å². The first-order chi connectivity index (χ1) is 22.2. The summed E-state index contributed by atoms with van der Waals surface area (Å²) < 4.78 is 27.0. The molecule has 2 unspecified atom stereocenters. The van der Waals surface area contributed by atoms with E-state index < -0.39 is 10.0 Å². The van der Waals surface area contributed by atoms with Gasteiger partial charge in [0.25, 0.3) is 5.91 Å². The molecule has 4 aromatic rings. The Balaban J connectivity index is 1.06. The number of fused-ring (bicyclic) bond motifs is 3. The van der Waals surface area contributed by atoms with Gasteiger partial charge in [0.2, 0.25) is 10.0 Å². The Morgan fingerprint density at radius 3 is 2.30 bits per heavy atom. The standard InChI is InChI=1S/C36H42BrN5O3S/c1-25-39-32-9-5-6-10-33(32)42(25)31-22-29-13-14-30(23-31)41(29)20-17-36(28-7-3-2-4-8-28)15-18-40(19-16-36)35(43)26-11-12-27(24-37)34(21-26)46(38,44)45/h2-12,21,29-31H,13-20,22-24H2,1H3,(H2,38,44,45). The number of aromatic nitrogens is 2. The number of carbonyl (C=O) groups excluding carboxylic acids is 1. The maximum absolute atomic E-state index is 13.6. The number of hydrogen-bond donors (Lipinski definition) is 1. The minimum atomic E-state index is -3.95. The summed E-state index contributed by atoms with van der Waals surface area (Å²) in [4.78, 5) is 23.2. The van der Waals surface area contributed by atoms with Gasteiger partial charge in [-0.25, -0.2) is 18.5 Å². The van der Waals surface area contributed by atoms with Gasteiger partial charge in [-0.05, 0) is 99.2 Å². The average Bonchev–Trinajstić information content (AvgIpc) is 3.53. The Hall–Kier alpha value is -3.05. The van der Waals surface area contributed by atoms with Crippen molar-refractivity contribution in [3.63, 3.8) is 0 Å². The van der Waals surface area contributed by atoms with Crippen molar-refractivity contribution in [2.24, 2.45) is 5.14 Å². The number of rotatable bonds is 8. The Morgan fingerprint density at radius 1 is 0.957 bits per heavy atom. The number of amides is 1. The van der Waals surface area contributed by atoms with E-state index in [4.69, 9.17) is 10.1 Å². The highest BCUT2D eigenvalue weighted by molar-refractivity contribution is 9.08. The number of benzene rings is 3. The van der Waals surface area contributed by atoms with Crippen molar-refractivity contribution in [1.82, 2.24) is 19.4 Å². The number of halogens is 1. The number of aryl methyl sites for hydroxylation is 1. The summed E-state index contributed by atoms with van der Waals surface area (Å²) in [5.74, 6) is 0.971. The van der Waals surface area contributed by atoms with E-state index in [0.717, 1.165) is 50.0 Å². The SMILES string of the molecule is Cc1nc2ccccc2n1C1CC2CCC(C1)N2CCC1(c2ccccc2)CCN(C(=O)c2ccc(CBr)c(S(N)(=O)=O)c2)CC1. The number of imidazole rings is 1. The highest BCUT2D eigenvalue weighted by Crippen LogP contribution is 2.45. The monoisotopic (exact) mass is 703 g/mol. The molecule has 46 heavy (non-hydrogen) atoms. The second-order valence-corrected chi connectivity index (χ2v) is 15.5. The molecule has 3 aliphatic rings. The molecule has 2 bridgehead atoms. The molecule has 7 rings (SSSR count). The Morgan fingerprint density at radius 2 is 1.63 bits per heavy atom. The molecule has 3 saturated heterocycles. The molecule has 2 N–H and O–H groups in total. The number of hydrogen-bond acceptors (Lipinski definition) is 5. The Kier molecular flexibility index (Phi) is 8.59. The lowest BCUT2D eigenvalue weighted by atomic mass is 9.70. The highest BCUT2D eigenvalue weighted by atomic mass is 79.9. The summed E-state index contributed by atoms with van der Waals surface area (Å²) in [6, 6.07) is 25.8. The first-order valence-electron chi connectivity index (χ1n) is 16.4. The van der Waals surface area contributed by atoms with Gasteiger partial charge in [-0.1, -0.05) is 64.5 Å². The normalized spacial score (nSPS) is 23.2. The third-order valence-electron chi connectivity index (χ3n) is 11.0. The summed E-state index contributed by atoms with van der Waals surface area (Å²) in [7, 11) is -3.95. The molecule has 0 radical (unpaired) electrons. The smallest absolute Gasteiger partial charge is 0.253 e. The molecule has 1 aromatic heterocycles. The predicted molar refractivity (Wildman–Crippen MR) is 185 cm³/mol. The van der Waals surface area contributed by atoms with Crippen molar-refractivity contribution >= 4 is 42.9 Å². The molecule has 1 amide bonds. The number of likely N-dealkylation sites (tertiary alicyclic amines) is 1. The summed E-state index contributed by atoms with van der Waals surface area (Å²) >= 11 is 3.33. The molecule has 0 aliphatic carbocycles. The molecule has 242 valence electrons. The van der Waals surface area contributed by atoms with Crippen LogP contribution < -0.4 is 5.14 Å². The van der Waals surface area contributed by atoms with Gasteiger partial charge in [-0.2, -0.15) is 0 Å². The van der Waals surface area contributed by atoms with Gasteiger partial charge in [0.1, 0.15) is 5.82 Å². The lowest BCUT2D eigenvalue weighted by Gasteiger charge is -2.45. The van der Waals surface area contributed by atoms with Gasteiger partial charge in [0.05, 0.1) is 15.9 Å².